The van der Waals surface area contributed by atoms with Crippen molar-refractivity contribution in [2.75, 3.05) is 7.11 Å². The Morgan fingerprint density at radius 3 is 2.89 bits per heavy atom. The lowest BCUT2D eigenvalue weighted by Crippen LogP contribution is -2.07. The average molecular weight is 257 g/mol. The Bertz CT molecular complexity index is 804. The number of methoxy groups -OCH3 is 1. The normalized spacial score (nSPS) is 10.8. The van der Waals surface area contributed by atoms with Crippen molar-refractivity contribution in [3.05, 3.63) is 46.9 Å². The van der Waals surface area contributed by atoms with Crippen molar-refractivity contribution in [2.24, 2.45) is 0 Å². The molecule has 0 saturated carbocycles. The smallest absolute Gasteiger partial charge is 0.254 e. The van der Waals surface area contributed by atoms with Crippen LogP contribution in [0.15, 0.2) is 41.3 Å². The van der Waals surface area contributed by atoms with Gasteiger partial charge in [-0.1, -0.05) is 18.2 Å². The molecule has 2 aromatic heterocycles. The number of nitrogens with zero attached hydrogens (tertiary/aromatic N) is 2. The van der Waals surface area contributed by atoms with Gasteiger partial charge in [-0.05, 0) is 6.07 Å². The molecule has 96 valence electrons. The molecule has 0 aliphatic rings. The fourth-order valence-electron chi connectivity index (χ4n) is 2.04. The van der Waals surface area contributed by atoms with E-state index < -0.39 is 0 Å². The molecule has 0 saturated heterocycles. The van der Waals surface area contributed by atoms with Gasteiger partial charge < -0.3 is 14.8 Å². The number of H-pyrrole nitrogens is 1. The van der Waals surface area contributed by atoms with E-state index in [9.17, 15) is 9.90 Å². The van der Waals surface area contributed by atoms with Crippen molar-refractivity contribution in [1.29, 1.82) is 0 Å². The first-order chi connectivity index (χ1) is 9.20. The van der Waals surface area contributed by atoms with E-state index in [1.54, 1.807) is 13.3 Å². The zero-order valence-electron chi connectivity index (χ0n) is 10.1. The molecular weight excluding hydrogens is 246 g/mol. The van der Waals surface area contributed by atoms with Crippen LogP contribution in [-0.4, -0.2) is 26.8 Å². The lowest BCUT2D eigenvalue weighted by atomic mass is 10.1. The number of aromatic nitrogens is 3. The van der Waals surface area contributed by atoms with Gasteiger partial charge in [0, 0.05) is 11.1 Å². The van der Waals surface area contributed by atoms with Crippen molar-refractivity contribution in [3.8, 4) is 22.8 Å². The number of benzene rings is 1. The minimum atomic E-state index is -0.387. The first kappa shape index (κ1) is 11.3. The van der Waals surface area contributed by atoms with Crippen LogP contribution in [0, 0.1) is 0 Å². The minimum Gasteiger partial charge on any atom is -0.496 e. The molecule has 6 nitrogen and oxygen atoms in total. The number of ether oxygens (including phenoxy) is 1. The molecule has 0 fully saturated rings. The van der Waals surface area contributed by atoms with Crippen LogP contribution in [0.1, 0.15) is 0 Å². The molecule has 0 aliphatic heterocycles. The maximum Gasteiger partial charge on any atom is 0.254 e. The summed E-state index contributed by atoms with van der Waals surface area (Å²) in [6.45, 7) is 0. The molecule has 0 spiro atoms. The predicted octanol–water partition coefficient (Wildman–Crippen LogP) is 1.40. The maximum absolute atomic E-state index is 11.5. The molecule has 0 atom stereocenters. The summed E-state index contributed by atoms with van der Waals surface area (Å²) >= 11 is 0. The third kappa shape index (κ3) is 1.74. The average Bonchev–Trinajstić information content (AvgIpc) is 2.82. The summed E-state index contributed by atoms with van der Waals surface area (Å²) in [7, 11) is 1.57. The summed E-state index contributed by atoms with van der Waals surface area (Å²) < 4.78 is 6.55. The van der Waals surface area contributed by atoms with Gasteiger partial charge in [0.15, 0.2) is 0 Å². The molecule has 0 amide bonds. The number of nitrogens with one attached hydrogen (secondary N) is 1. The predicted molar refractivity (Wildman–Crippen MR) is 69.5 cm³/mol. The van der Waals surface area contributed by atoms with Crippen LogP contribution in [0.25, 0.3) is 16.8 Å². The molecule has 0 bridgehead atoms. The van der Waals surface area contributed by atoms with Crippen LogP contribution < -0.4 is 10.3 Å². The van der Waals surface area contributed by atoms with E-state index in [0.717, 1.165) is 11.6 Å². The van der Waals surface area contributed by atoms with E-state index in [2.05, 4.69) is 10.1 Å². The van der Waals surface area contributed by atoms with Crippen LogP contribution in [0.2, 0.25) is 0 Å². The van der Waals surface area contributed by atoms with E-state index >= 15 is 0 Å². The lowest BCUT2D eigenvalue weighted by molar-refractivity contribution is 0.416. The van der Waals surface area contributed by atoms with Crippen LogP contribution in [0.4, 0.5) is 0 Å². The molecule has 2 heterocycles. The first-order valence-corrected chi connectivity index (χ1v) is 5.64. The molecule has 19 heavy (non-hydrogen) atoms. The molecule has 0 unspecified atom stereocenters. The topological polar surface area (TPSA) is 79.6 Å². The Hall–Kier alpha value is -2.76. The summed E-state index contributed by atoms with van der Waals surface area (Å²) in [6.07, 6.45) is 1.57. The summed E-state index contributed by atoms with van der Waals surface area (Å²) in [5.41, 5.74) is 1.52. The van der Waals surface area contributed by atoms with Crippen LogP contribution in [0.5, 0.6) is 11.6 Å². The molecule has 3 aromatic rings. The SMILES string of the molecule is COc1ccccc1-c1cnn2c(O)cc(=O)[nH]c12. The quantitative estimate of drug-likeness (QED) is 0.727. The second-order valence-electron chi connectivity index (χ2n) is 4.01. The highest BCUT2D eigenvalue weighted by atomic mass is 16.5. The van der Waals surface area contributed by atoms with Crippen LogP contribution in [0.3, 0.4) is 0 Å². The minimum absolute atomic E-state index is 0.208. The Balaban J connectivity index is 2.35. The molecule has 2 N–H and O–H groups in total. The van der Waals surface area contributed by atoms with Crippen molar-refractivity contribution in [2.45, 2.75) is 0 Å². The third-order valence-electron chi connectivity index (χ3n) is 2.89. The second-order valence-corrected chi connectivity index (χ2v) is 4.01. The van der Waals surface area contributed by atoms with Gasteiger partial charge in [0.2, 0.25) is 5.88 Å². The Morgan fingerprint density at radius 1 is 1.32 bits per heavy atom. The lowest BCUT2D eigenvalue weighted by Gasteiger charge is -2.06. The van der Waals surface area contributed by atoms with Crippen molar-refractivity contribution in [1.82, 2.24) is 14.6 Å². The third-order valence-corrected chi connectivity index (χ3v) is 2.89. The van der Waals surface area contributed by atoms with Gasteiger partial charge in [-0.15, -0.1) is 0 Å². The van der Waals surface area contributed by atoms with E-state index in [1.165, 1.54) is 4.52 Å². The van der Waals surface area contributed by atoms with E-state index in [4.69, 9.17) is 4.74 Å². The number of hydrogen-bond donors (Lipinski definition) is 2. The van der Waals surface area contributed by atoms with E-state index in [1.807, 2.05) is 24.3 Å². The first-order valence-electron chi connectivity index (χ1n) is 5.64. The summed E-state index contributed by atoms with van der Waals surface area (Å²) in [5.74, 6) is 0.460. The van der Waals surface area contributed by atoms with Gasteiger partial charge >= 0.3 is 0 Å². The highest BCUT2D eigenvalue weighted by Gasteiger charge is 2.13. The van der Waals surface area contributed by atoms with E-state index in [-0.39, 0.29) is 11.4 Å². The molecule has 1 aromatic carbocycles. The molecular formula is C13H11N3O3. The van der Waals surface area contributed by atoms with Crippen LogP contribution in [-0.2, 0) is 0 Å². The molecule has 6 heteroatoms. The van der Waals surface area contributed by atoms with Gasteiger partial charge in [0.25, 0.3) is 5.56 Å². The number of hydrogen-bond acceptors (Lipinski definition) is 4. The zero-order valence-corrected chi connectivity index (χ0v) is 10.1. The number of aromatic amines is 1. The maximum atomic E-state index is 11.5. The van der Waals surface area contributed by atoms with Gasteiger partial charge in [0.05, 0.1) is 19.4 Å². The van der Waals surface area contributed by atoms with Gasteiger partial charge in [-0.3, -0.25) is 4.79 Å². The van der Waals surface area contributed by atoms with Gasteiger partial charge in [-0.25, -0.2) is 0 Å². The fraction of sp³-hybridized carbons (Fsp3) is 0.0769. The van der Waals surface area contributed by atoms with Gasteiger partial charge in [0.1, 0.15) is 11.4 Å². The number of fused-ring (bicyclic) bond motifs is 1. The van der Waals surface area contributed by atoms with E-state index in [0.29, 0.717) is 17.0 Å². The largest absolute Gasteiger partial charge is 0.496 e. The summed E-state index contributed by atoms with van der Waals surface area (Å²) in [4.78, 5) is 14.1. The Morgan fingerprint density at radius 2 is 2.11 bits per heavy atom. The van der Waals surface area contributed by atoms with Crippen molar-refractivity contribution >= 4 is 5.65 Å². The van der Waals surface area contributed by atoms with Crippen molar-refractivity contribution in [3.63, 3.8) is 0 Å². The number of rotatable bonds is 2. The summed E-state index contributed by atoms with van der Waals surface area (Å²) in [6, 6.07) is 8.47. The Kier molecular flexibility index (Phi) is 2.49. The molecule has 0 aliphatic carbocycles. The second kappa shape index (κ2) is 4.16. The molecule has 0 radical (unpaired) electrons. The fourth-order valence-corrected chi connectivity index (χ4v) is 2.04. The monoisotopic (exact) mass is 257 g/mol. The number of para-hydroxylation sites is 1. The van der Waals surface area contributed by atoms with Gasteiger partial charge in [-0.2, -0.15) is 9.61 Å². The highest BCUT2D eigenvalue weighted by Crippen LogP contribution is 2.32. The summed E-state index contributed by atoms with van der Waals surface area (Å²) in [5, 5.41) is 13.7. The Labute approximate surface area is 107 Å². The van der Waals surface area contributed by atoms with Crippen molar-refractivity contribution < 1.29 is 9.84 Å². The number of aromatic hydroxyl groups is 1. The highest BCUT2D eigenvalue weighted by molar-refractivity contribution is 5.81. The standard InChI is InChI=1S/C13H11N3O3/c1-19-10-5-3-2-4-8(10)9-7-14-16-12(18)6-11(17)15-13(9)16/h2-7,18H,1H3,(H,15,17). The van der Waals surface area contributed by atoms with Crippen LogP contribution >= 0.6 is 0 Å². The zero-order chi connectivity index (χ0) is 13.4. The molecule has 3 rings (SSSR count).